The second-order valence-corrected chi connectivity index (χ2v) is 6.31. The normalized spacial score (nSPS) is 12.2. The number of anilines is 2. The number of carboxylic acids is 1. The summed E-state index contributed by atoms with van der Waals surface area (Å²) >= 11 is 1.74. The van der Waals surface area contributed by atoms with Crippen molar-refractivity contribution in [1.29, 1.82) is 0 Å². The van der Waals surface area contributed by atoms with Crippen molar-refractivity contribution in [2.75, 3.05) is 11.1 Å². The fourth-order valence-electron chi connectivity index (χ4n) is 2.26. The van der Waals surface area contributed by atoms with E-state index in [2.05, 4.69) is 25.2 Å². The molecule has 4 nitrogen and oxygen atoms in total. The maximum atomic E-state index is 11.3. The molecule has 1 unspecified atom stereocenters. The molecule has 0 fully saturated rings. The predicted octanol–water partition coefficient (Wildman–Crippen LogP) is 3.82. The summed E-state index contributed by atoms with van der Waals surface area (Å²) in [6.45, 7) is 6.17. The van der Waals surface area contributed by atoms with E-state index in [-0.39, 0.29) is 11.6 Å². The first kappa shape index (κ1) is 14.4. The molecule has 1 aromatic heterocycles. The van der Waals surface area contributed by atoms with Gasteiger partial charge in [0.25, 0.3) is 0 Å². The first-order chi connectivity index (χ1) is 9.38. The Morgan fingerprint density at radius 1 is 1.35 bits per heavy atom. The first-order valence-electron chi connectivity index (χ1n) is 6.34. The highest BCUT2D eigenvalue weighted by Crippen LogP contribution is 2.30. The Balaban J connectivity index is 2.30. The molecule has 0 radical (unpaired) electrons. The summed E-state index contributed by atoms with van der Waals surface area (Å²) in [5, 5.41) is 12.5. The molecule has 0 aliphatic carbocycles. The van der Waals surface area contributed by atoms with Gasteiger partial charge in [-0.2, -0.15) is 0 Å². The number of carbonyl (C=O) groups is 1. The molecular weight excluding hydrogens is 272 g/mol. The Morgan fingerprint density at radius 2 is 2.05 bits per heavy atom. The second-order valence-electron chi connectivity index (χ2n) is 4.84. The summed E-state index contributed by atoms with van der Waals surface area (Å²) in [6.07, 6.45) is 0. The summed E-state index contributed by atoms with van der Waals surface area (Å²) in [4.78, 5) is 13.8. The maximum absolute atomic E-state index is 11.3. The van der Waals surface area contributed by atoms with Gasteiger partial charge in [0, 0.05) is 27.2 Å². The van der Waals surface area contributed by atoms with Crippen LogP contribution in [0.25, 0.3) is 0 Å². The Bertz CT molecular complexity index is 649. The third kappa shape index (κ3) is 2.93. The molecule has 20 heavy (non-hydrogen) atoms. The van der Waals surface area contributed by atoms with Crippen LogP contribution >= 0.6 is 11.3 Å². The lowest BCUT2D eigenvalue weighted by atomic mass is 10.1. The van der Waals surface area contributed by atoms with Gasteiger partial charge in [-0.1, -0.05) is 0 Å². The van der Waals surface area contributed by atoms with Crippen molar-refractivity contribution < 1.29 is 9.90 Å². The topological polar surface area (TPSA) is 75.3 Å². The molecule has 106 valence electrons. The van der Waals surface area contributed by atoms with Gasteiger partial charge in [0.15, 0.2) is 0 Å². The first-order valence-corrected chi connectivity index (χ1v) is 7.16. The van der Waals surface area contributed by atoms with E-state index in [1.807, 2.05) is 6.92 Å². The van der Waals surface area contributed by atoms with E-state index in [0.717, 1.165) is 0 Å². The van der Waals surface area contributed by atoms with Crippen LogP contribution in [-0.2, 0) is 0 Å². The van der Waals surface area contributed by atoms with E-state index in [0.29, 0.717) is 11.4 Å². The fourth-order valence-corrected chi connectivity index (χ4v) is 3.28. The molecule has 1 atom stereocenters. The van der Waals surface area contributed by atoms with E-state index in [4.69, 9.17) is 5.73 Å². The van der Waals surface area contributed by atoms with Crippen LogP contribution < -0.4 is 11.1 Å². The van der Waals surface area contributed by atoms with Gasteiger partial charge < -0.3 is 16.2 Å². The smallest absolute Gasteiger partial charge is 0.337 e. The van der Waals surface area contributed by atoms with Gasteiger partial charge in [-0.25, -0.2) is 4.79 Å². The van der Waals surface area contributed by atoms with E-state index in [1.165, 1.54) is 21.4 Å². The summed E-state index contributed by atoms with van der Waals surface area (Å²) in [5.41, 5.74) is 8.07. The number of benzene rings is 1. The van der Waals surface area contributed by atoms with E-state index in [9.17, 15) is 9.90 Å². The number of rotatable bonds is 4. The van der Waals surface area contributed by atoms with Gasteiger partial charge in [0.05, 0.1) is 5.56 Å². The fraction of sp³-hybridized carbons (Fsp3) is 0.267. The maximum Gasteiger partial charge on any atom is 0.337 e. The monoisotopic (exact) mass is 290 g/mol. The van der Waals surface area contributed by atoms with Crippen LogP contribution in [0, 0.1) is 13.8 Å². The number of nitrogen functional groups attached to an aromatic ring is 1. The molecule has 5 heteroatoms. The molecule has 0 spiro atoms. The Morgan fingerprint density at radius 3 is 2.60 bits per heavy atom. The van der Waals surface area contributed by atoms with Crippen LogP contribution in [-0.4, -0.2) is 11.1 Å². The van der Waals surface area contributed by atoms with E-state index in [1.54, 1.807) is 23.5 Å². The van der Waals surface area contributed by atoms with E-state index >= 15 is 0 Å². The molecular formula is C15H18N2O2S. The summed E-state index contributed by atoms with van der Waals surface area (Å²) in [6, 6.07) is 7.07. The lowest BCUT2D eigenvalue weighted by Gasteiger charge is -2.17. The standard InChI is InChI=1S/C15H18N2O2S/c1-8-6-12(10(3)20-8)9(2)17-14-5-4-11(16)7-13(14)15(18)19/h4-7,9,17H,16H2,1-3H3,(H,18,19). The number of carboxylic acid groups (broad SMARTS) is 1. The zero-order valence-corrected chi connectivity index (χ0v) is 12.5. The van der Waals surface area contributed by atoms with E-state index < -0.39 is 5.97 Å². The Labute approximate surface area is 122 Å². The van der Waals surface area contributed by atoms with Gasteiger partial charge >= 0.3 is 5.97 Å². The van der Waals surface area contributed by atoms with Crippen LogP contribution in [0.2, 0.25) is 0 Å². The van der Waals surface area contributed by atoms with Crippen LogP contribution in [0.5, 0.6) is 0 Å². The van der Waals surface area contributed by atoms with Crippen molar-refractivity contribution in [2.45, 2.75) is 26.8 Å². The molecule has 0 saturated heterocycles. The van der Waals surface area contributed by atoms with Crippen molar-refractivity contribution in [1.82, 2.24) is 0 Å². The third-order valence-electron chi connectivity index (χ3n) is 3.19. The number of hydrogen-bond donors (Lipinski definition) is 3. The van der Waals surface area contributed by atoms with Gasteiger partial charge in [-0.3, -0.25) is 0 Å². The number of thiophene rings is 1. The summed E-state index contributed by atoms with van der Waals surface area (Å²) in [5.74, 6) is -0.981. The lowest BCUT2D eigenvalue weighted by molar-refractivity contribution is 0.0698. The minimum atomic E-state index is -0.981. The van der Waals surface area contributed by atoms with Crippen LogP contribution in [0.4, 0.5) is 11.4 Å². The molecule has 1 aromatic carbocycles. The number of nitrogens with two attached hydrogens (primary N) is 1. The van der Waals surface area contributed by atoms with Gasteiger partial charge in [-0.15, -0.1) is 11.3 Å². The number of aryl methyl sites for hydroxylation is 2. The summed E-state index contributed by atoms with van der Waals surface area (Å²) < 4.78 is 0. The molecule has 0 saturated carbocycles. The second kappa shape index (κ2) is 5.54. The third-order valence-corrected chi connectivity index (χ3v) is 4.17. The molecule has 2 aromatic rings. The van der Waals surface area contributed by atoms with Gasteiger partial charge in [-0.05, 0) is 50.6 Å². The van der Waals surface area contributed by atoms with Crippen LogP contribution in [0.1, 0.15) is 38.6 Å². The number of aromatic carboxylic acids is 1. The van der Waals surface area contributed by atoms with Crippen molar-refractivity contribution in [2.24, 2.45) is 0 Å². The van der Waals surface area contributed by atoms with Crippen molar-refractivity contribution in [3.63, 3.8) is 0 Å². The summed E-state index contributed by atoms with van der Waals surface area (Å²) in [7, 11) is 0. The Hall–Kier alpha value is -2.01. The molecule has 0 bridgehead atoms. The highest BCUT2D eigenvalue weighted by Gasteiger charge is 2.15. The average Bonchev–Trinajstić information content (AvgIpc) is 2.70. The zero-order chi connectivity index (χ0) is 14.9. The molecule has 0 aliphatic heterocycles. The van der Waals surface area contributed by atoms with Crippen molar-refractivity contribution in [3.05, 3.63) is 45.1 Å². The van der Waals surface area contributed by atoms with Gasteiger partial charge in [0.2, 0.25) is 0 Å². The molecule has 0 aliphatic rings. The molecule has 0 amide bonds. The van der Waals surface area contributed by atoms with Crippen LogP contribution in [0.3, 0.4) is 0 Å². The Kier molecular flexibility index (Phi) is 3.99. The highest BCUT2D eigenvalue weighted by atomic mass is 32.1. The van der Waals surface area contributed by atoms with Crippen molar-refractivity contribution >= 4 is 28.7 Å². The average molecular weight is 290 g/mol. The van der Waals surface area contributed by atoms with Gasteiger partial charge in [0.1, 0.15) is 0 Å². The highest BCUT2D eigenvalue weighted by molar-refractivity contribution is 7.12. The number of hydrogen-bond acceptors (Lipinski definition) is 4. The predicted molar refractivity (Wildman–Crippen MR) is 83.6 cm³/mol. The molecule has 1 heterocycles. The quantitative estimate of drug-likeness (QED) is 0.748. The largest absolute Gasteiger partial charge is 0.478 e. The van der Waals surface area contributed by atoms with Crippen LogP contribution in [0.15, 0.2) is 24.3 Å². The molecule has 2 rings (SSSR count). The number of nitrogens with one attached hydrogen (secondary N) is 1. The van der Waals surface area contributed by atoms with Crippen molar-refractivity contribution in [3.8, 4) is 0 Å². The zero-order valence-electron chi connectivity index (χ0n) is 11.7. The molecule has 4 N–H and O–H groups in total. The minimum Gasteiger partial charge on any atom is -0.478 e. The lowest BCUT2D eigenvalue weighted by Crippen LogP contribution is -2.11. The minimum absolute atomic E-state index is 0.0432. The SMILES string of the molecule is Cc1cc(C(C)Nc2ccc(N)cc2C(=O)O)c(C)s1.